The van der Waals surface area contributed by atoms with Crippen LogP contribution in [0.2, 0.25) is 5.02 Å². The zero-order valence-electron chi connectivity index (χ0n) is 17.7. The molecule has 3 aliphatic heterocycles. The van der Waals surface area contributed by atoms with Gasteiger partial charge >= 0.3 is 6.09 Å². The molecule has 1 unspecified atom stereocenters. The first-order valence-corrected chi connectivity index (χ1v) is 11.4. The molecule has 0 aromatic heterocycles. The maximum Gasteiger partial charge on any atom is 0.407 e. The average molecular weight is 425 g/mol. The Hall–Kier alpha value is -2.04. The van der Waals surface area contributed by atoms with E-state index in [4.69, 9.17) is 16.3 Å². The zero-order valence-corrected chi connectivity index (χ0v) is 18.4. The van der Waals surface area contributed by atoms with Gasteiger partial charge in [-0.3, -0.25) is 4.90 Å². The molecule has 1 aliphatic carbocycles. The molecule has 0 spiro atoms. The number of amides is 1. The van der Waals surface area contributed by atoms with Gasteiger partial charge in [0.1, 0.15) is 6.10 Å². The van der Waals surface area contributed by atoms with Gasteiger partial charge in [0.25, 0.3) is 0 Å². The molecule has 2 bridgehead atoms. The lowest BCUT2D eigenvalue weighted by molar-refractivity contribution is -0.0339. The summed E-state index contributed by atoms with van der Waals surface area (Å²) in [6.07, 6.45) is 2.91. The van der Waals surface area contributed by atoms with Crippen molar-refractivity contribution in [1.82, 2.24) is 10.2 Å². The van der Waals surface area contributed by atoms with Crippen molar-refractivity contribution in [1.29, 1.82) is 0 Å². The third-order valence-electron chi connectivity index (χ3n) is 7.18. The summed E-state index contributed by atoms with van der Waals surface area (Å²) < 4.78 is 5.87. The number of ether oxygens (including phenoxy) is 1. The van der Waals surface area contributed by atoms with Crippen LogP contribution in [-0.4, -0.2) is 36.7 Å². The summed E-state index contributed by atoms with van der Waals surface area (Å²) in [6.45, 7) is 7.66. The lowest BCUT2D eigenvalue weighted by Crippen LogP contribution is -2.52. The number of carbonyl (C=O) groups is 1. The van der Waals surface area contributed by atoms with E-state index in [1.165, 1.54) is 11.1 Å². The van der Waals surface area contributed by atoms with Gasteiger partial charge in [-0.2, -0.15) is 0 Å². The summed E-state index contributed by atoms with van der Waals surface area (Å²) in [5, 5.41) is 3.90. The van der Waals surface area contributed by atoms with Gasteiger partial charge in [-0.15, -0.1) is 0 Å². The van der Waals surface area contributed by atoms with Crippen molar-refractivity contribution >= 4 is 17.7 Å². The number of piperidine rings is 3. The van der Waals surface area contributed by atoms with Crippen LogP contribution < -0.4 is 5.32 Å². The number of fused-ring (bicyclic) bond motifs is 4. The molecule has 2 atom stereocenters. The van der Waals surface area contributed by atoms with Gasteiger partial charge in [0, 0.05) is 11.6 Å². The van der Waals surface area contributed by atoms with E-state index in [1.54, 1.807) is 0 Å². The highest BCUT2D eigenvalue weighted by Crippen LogP contribution is 2.46. The quantitative estimate of drug-likeness (QED) is 0.702. The Morgan fingerprint density at radius 3 is 2.60 bits per heavy atom. The van der Waals surface area contributed by atoms with Gasteiger partial charge in [-0.1, -0.05) is 55.8 Å². The van der Waals surface area contributed by atoms with E-state index in [-0.39, 0.29) is 23.7 Å². The molecule has 0 radical (unpaired) electrons. The molecule has 3 saturated heterocycles. The Morgan fingerprint density at radius 1 is 1.13 bits per heavy atom. The summed E-state index contributed by atoms with van der Waals surface area (Å²) in [7, 11) is 0. The highest BCUT2D eigenvalue weighted by molar-refractivity contribution is 6.30. The van der Waals surface area contributed by atoms with Crippen molar-refractivity contribution in [3.05, 3.63) is 58.6 Å². The number of rotatable bonds is 3. The summed E-state index contributed by atoms with van der Waals surface area (Å²) in [6, 6.07) is 14.5. The van der Waals surface area contributed by atoms with Gasteiger partial charge in [-0.25, -0.2) is 4.79 Å². The number of carbonyl (C=O) groups excluding carboxylic acids is 1. The monoisotopic (exact) mass is 424 g/mol. The molecule has 0 saturated carbocycles. The summed E-state index contributed by atoms with van der Waals surface area (Å²) in [4.78, 5) is 15.1. The number of benzene rings is 2. The summed E-state index contributed by atoms with van der Waals surface area (Å²) in [5.74, 6) is 0.522. The fourth-order valence-electron chi connectivity index (χ4n) is 5.51. The highest BCUT2D eigenvalue weighted by atomic mass is 35.5. The van der Waals surface area contributed by atoms with Crippen molar-refractivity contribution in [2.45, 2.75) is 50.7 Å². The first kappa shape index (κ1) is 19.9. The number of nitrogens with zero attached hydrogens (tertiary/aromatic N) is 1. The summed E-state index contributed by atoms with van der Waals surface area (Å²) in [5.41, 5.74) is 4.72. The predicted molar refractivity (Wildman–Crippen MR) is 120 cm³/mol. The molecule has 2 aromatic carbocycles. The molecular formula is C25H29ClN2O2. The van der Waals surface area contributed by atoms with Gasteiger partial charge in [0.05, 0.1) is 6.04 Å². The first-order valence-electron chi connectivity index (χ1n) is 11.0. The van der Waals surface area contributed by atoms with E-state index in [2.05, 4.69) is 48.3 Å². The maximum atomic E-state index is 12.7. The smallest absolute Gasteiger partial charge is 0.407 e. The Bertz CT molecular complexity index is 965. The van der Waals surface area contributed by atoms with E-state index in [0.717, 1.165) is 55.0 Å². The lowest BCUT2D eigenvalue weighted by Gasteiger charge is -2.43. The molecule has 2 aromatic rings. The molecule has 158 valence electrons. The van der Waals surface area contributed by atoms with Crippen LogP contribution in [0.1, 0.15) is 50.3 Å². The third-order valence-corrected chi connectivity index (χ3v) is 7.41. The Labute approximate surface area is 183 Å². The molecule has 1 amide bonds. The second-order valence-corrected chi connectivity index (χ2v) is 10.1. The highest BCUT2D eigenvalue weighted by Gasteiger charge is 2.40. The number of nitrogens with one attached hydrogen (secondary N) is 1. The van der Waals surface area contributed by atoms with Crippen LogP contribution in [-0.2, 0) is 10.2 Å². The Morgan fingerprint density at radius 2 is 1.90 bits per heavy atom. The Balaban J connectivity index is 1.33. The van der Waals surface area contributed by atoms with E-state index in [0.29, 0.717) is 5.92 Å². The van der Waals surface area contributed by atoms with E-state index < -0.39 is 0 Å². The number of alkyl carbamates (subject to hydrolysis) is 1. The standard InChI is InChI=1S/C25H29ClN2O2/c1-25(2)14-22(27-24(29)30-23-15-28-10-8-16(23)9-11-28)20-7-6-18(13-21(20)25)17-4-3-5-19(26)12-17/h3-7,12-13,16,22-23H,8-11,14-15H2,1-2H3,(H,27,29)/t22?,23-/m0/s1. The lowest BCUT2D eigenvalue weighted by atomic mass is 9.85. The van der Waals surface area contributed by atoms with Gasteiger partial charge in [-0.05, 0) is 78.1 Å². The molecular weight excluding hydrogens is 396 g/mol. The number of hydrogen-bond donors (Lipinski definition) is 1. The fraction of sp³-hybridized carbons (Fsp3) is 0.480. The first-order chi connectivity index (χ1) is 14.4. The van der Waals surface area contributed by atoms with Gasteiger partial charge in [0.15, 0.2) is 0 Å². The van der Waals surface area contributed by atoms with E-state index in [9.17, 15) is 4.79 Å². The molecule has 30 heavy (non-hydrogen) atoms. The van der Waals surface area contributed by atoms with Crippen molar-refractivity contribution < 1.29 is 9.53 Å². The third kappa shape index (κ3) is 3.72. The van der Waals surface area contributed by atoms with Crippen LogP contribution in [0.3, 0.4) is 0 Å². The molecule has 3 fully saturated rings. The van der Waals surface area contributed by atoms with E-state index in [1.807, 2.05) is 18.2 Å². The van der Waals surface area contributed by atoms with Crippen LogP contribution in [0.4, 0.5) is 4.79 Å². The minimum atomic E-state index is -0.277. The van der Waals surface area contributed by atoms with Crippen molar-refractivity contribution in [3.63, 3.8) is 0 Å². The number of halogens is 1. The van der Waals surface area contributed by atoms with Crippen LogP contribution in [0, 0.1) is 5.92 Å². The normalized spacial score (nSPS) is 28.8. The SMILES string of the molecule is CC1(C)CC(NC(=O)O[C@H]2CN3CCC2CC3)c2ccc(-c3cccc(Cl)c3)cc21. The number of hydrogen-bond acceptors (Lipinski definition) is 3. The molecule has 5 heteroatoms. The molecule has 4 aliphatic rings. The van der Waals surface area contributed by atoms with Crippen molar-refractivity contribution in [3.8, 4) is 11.1 Å². The topological polar surface area (TPSA) is 41.6 Å². The minimum Gasteiger partial charge on any atom is -0.445 e. The minimum absolute atomic E-state index is 0.0164. The fourth-order valence-corrected chi connectivity index (χ4v) is 5.70. The average Bonchev–Trinajstić information content (AvgIpc) is 2.98. The van der Waals surface area contributed by atoms with Crippen molar-refractivity contribution in [2.75, 3.05) is 19.6 Å². The molecule has 6 rings (SSSR count). The summed E-state index contributed by atoms with van der Waals surface area (Å²) >= 11 is 6.19. The van der Waals surface area contributed by atoms with Gasteiger partial charge < -0.3 is 10.1 Å². The molecule has 1 N–H and O–H groups in total. The second-order valence-electron chi connectivity index (χ2n) is 9.68. The van der Waals surface area contributed by atoms with Crippen LogP contribution in [0.5, 0.6) is 0 Å². The largest absolute Gasteiger partial charge is 0.445 e. The Kier molecular flexibility index (Phi) is 5.03. The predicted octanol–water partition coefficient (Wildman–Crippen LogP) is 5.55. The second kappa shape index (κ2) is 7.58. The van der Waals surface area contributed by atoms with Gasteiger partial charge in [0.2, 0.25) is 0 Å². The molecule has 4 nitrogen and oxygen atoms in total. The molecule has 3 heterocycles. The zero-order chi connectivity index (χ0) is 20.9. The van der Waals surface area contributed by atoms with Crippen LogP contribution in [0.25, 0.3) is 11.1 Å². The van der Waals surface area contributed by atoms with Crippen LogP contribution >= 0.6 is 11.6 Å². The van der Waals surface area contributed by atoms with Crippen molar-refractivity contribution in [2.24, 2.45) is 5.92 Å². The van der Waals surface area contributed by atoms with E-state index >= 15 is 0 Å². The van der Waals surface area contributed by atoms with Crippen LogP contribution in [0.15, 0.2) is 42.5 Å². The maximum absolute atomic E-state index is 12.7.